The van der Waals surface area contributed by atoms with E-state index in [-0.39, 0.29) is 23.5 Å². The number of sulfone groups is 1. The Bertz CT molecular complexity index is 1080. The molecule has 1 unspecified atom stereocenters. The van der Waals surface area contributed by atoms with E-state index in [0.717, 1.165) is 0 Å². The number of carbonyl (C=O) groups is 2. The Hall–Kier alpha value is -2.55. The molecule has 168 valence electrons. The van der Waals surface area contributed by atoms with Gasteiger partial charge in [-0.15, -0.1) is 0 Å². The van der Waals surface area contributed by atoms with Crippen LogP contribution in [0, 0.1) is 11.3 Å². The quantitative estimate of drug-likeness (QED) is 0.511. The lowest BCUT2D eigenvalue weighted by molar-refractivity contribution is -0.257. The number of cyclic esters (lactones) is 2. The minimum absolute atomic E-state index is 0.127. The van der Waals surface area contributed by atoms with Crippen molar-refractivity contribution in [3.05, 3.63) is 34.2 Å². The number of carbonyl (C=O) groups excluding carboxylic acids is 2. The molecular formula is C22H26O8S. The van der Waals surface area contributed by atoms with Crippen molar-refractivity contribution in [3.8, 4) is 11.5 Å². The number of ether oxygens (including phenoxy) is 4. The van der Waals surface area contributed by atoms with Crippen molar-refractivity contribution in [1.29, 1.82) is 0 Å². The van der Waals surface area contributed by atoms with Crippen molar-refractivity contribution < 1.29 is 37.0 Å². The molecule has 2 atom stereocenters. The van der Waals surface area contributed by atoms with E-state index in [2.05, 4.69) is 0 Å². The lowest BCUT2D eigenvalue weighted by Gasteiger charge is -2.49. The second-order valence-corrected chi connectivity index (χ2v) is 10.8. The van der Waals surface area contributed by atoms with Crippen LogP contribution >= 0.6 is 0 Å². The second-order valence-electron chi connectivity index (χ2n) is 8.69. The lowest BCUT2D eigenvalue weighted by atomic mass is 9.57. The smallest absolute Gasteiger partial charge is 0.328 e. The van der Waals surface area contributed by atoms with Gasteiger partial charge in [0.15, 0.2) is 26.8 Å². The fraction of sp³-hybridized carbons (Fsp3) is 0.545. The van der Waals surface area contributed by atoms with E-state index in [1.165, 1.54) is 28.1 Å². The molecule has 8 nitrogen and oxygen atoms in total. The molecule has 31 heavy (non-hydrogen) atoms. The lowest BCUT2D eigenvalue weighted by Crippen LogP contribution is -2.61. The van der Waals surface area contributed by atoms with Crippen LogP contribution in [0.4, 0.5) is 0 Å². The predicted molar refractivity (Wildman–Crippen MR) is 110 cm³/mol. The number of hydrogen-bond acceptors (Lipinski definition) is 8. The van der Waals surface area contributed by atoms with Crippen LogP contribution in [0.5, 0.6) is 11.5 Å². The Kier molecular flexibility index (Phi) is 4.88. The zero-order valence-electron chi connectivity index (χ0n) is 18.2. The third kappa shape index (κ3) is 2.96. The van der Waals surface area contributed by atoms with Crippen LogP contribution in [0.15, 0.2) is 28.7 Å². The molecule has 1 aliphatic carbocycles. The molecule has 9 heteroatoms. The average Bonchev–Trinajstić information content (AvgIpc) is 3.01. The van der Waals surface area contributed by atoms with Gasteiger partial charge in [-0.25, -0.2) is 8.42 Å². The zero-order valence-corrected chi connectivity index (χ0v) is 19.0. The first-order chi connectivity index (χ1) is 14.5. The van der Waals surface area contributed by atoms with Gasteiger partial charge in [-0.2, -0.15) is 0 Å². The molecule has 4 rings (SSSR count). The van der Waals surface area contributed by atoms with E-state index in [1.54, 1.807) is 25.1 Å². The largest absolute Gasteiger partial charge is 0.493 e. The molecule has 2 fully saturated rings. The van der Waals surface area contributed by atoms with Crippen LogP contribution in [0.3, 0.4) is 0 Å². The molecule has 1 aromatic carbocycles. The fourth-order valence-corrected chi connectivity index (χ4v) is 7.49. The van der Waals surface area contributed by atoms with Gasteiger partial charge in [0.2, 0.25) is 0 Å². The minimum atomic E-state index is -3.57. The predicted octanol–water partition coefficient (Wildman–Crippen LogP) is 2.72. The summed E-state index contributed by atoms with van der Waals surface area (Å²) in [6.45, 7) is 4.70. The fourth-order valence-electron chi connectivity index (χ4n) is 5.37. The van der Waals surface area contributed by atoms with Crippen molar-refractivity contribution in [1.82, 2.24) is 0 Å². The van der Waals surface area contributed by atoms with E-state index in [9.17, 15) is 18.0 Å². The topological polar surface area (TPSA) is 105 Å². The number of para-hydroxylation sites is 1. The third-order valence-corrected chi connectivity index (χ3v) is 8.59. The highest BCUT2D eigenvalue weighted by Crippen LogP contribution is 2.62. The zero-order chi connectivity index (χ0) is 22.8. The first kappa shape index (κ1) is 21.7. The molecule has 0 aromatic heterocycles. The summed E-state index contributed by atoms with van der Waals surface area (Å²) in [5, 5.41) is 0. The SMILES string of the molecule is COc1cccc([C@H]2CC(C)=C3C(CCS3(=O)=O)C23C(=O)OC(C)(C)OC3=O)c1OC. The molecule has 3 aliphatic rings. The maximum absolute atomic E-state index is 13.6. The van der Waals surface area contributed by atoms with Crippen molar-refractivity contribution in [2.24, 2.45) is 11.3 Å². The molecule has 0 saturated carbocycles. The Morgan fingerprint density at radius 1 is 1.03 bits per heavy atom. The maximum Gasteiger partial charge on any atom is 0.328 e. The first-order valence-electron chi connectivity index (χ1n) is 10.1. The molecule has 0 N–H and O–H groups in total. The van der Waals surface area contributed by atoms with Crippen molar-refractivity contribution in [2.75, 3.05) is 20.0 Å². The molecule has 0 amide bonds. The van der Waals surface area contributed by atoms with Gasteiger partial charge in [0.05, 0.1) is 20.0 Å². The number of rotatable bonds is 3. The summed E-state index contributed by atoms with van der Waals surface area (Å²) in [6.07, 6.45) is 0.307. The number of methoxy groups -OCH3 is 2. The highest BCUT2D eigenvalue weighted by atomic mass is 32.2. The Balaban J connectivity index is 2.02. The van der Waals surface area contributed by atoms with Gasteiger partial charge < -0.3 is 18.9 Å². The van der Waals surface area contributed by atoms with E-state index < -0.39 is 44.8 Å². The molecule has 0 bridgehead atoms. The molecule has 2 aliphatic heterocycles. The van der Waals surface area contributed by atoms with Gasteiger partial charge >= 0.3 is 11.9 Å². The van der Waals surface area contributed by atoms with Gasteiger partial charge in [-0.3, -0.25) is 9.59 Å². The summed E-state index contributed by atoms with van der Waals surface area (Å²) in [7, 11) is -0.599. The maximum atomic E-state index is 13.6. The van der Waals surface area contributed by atoms with Crippen LogP contribution < -0.4 is 9.47 Å². The van der Waals surface area contributed by atoms with Crippen molar-refractivity contribution in [2.45, 2.75) is 45.3 Å². The molecule has 2 heterocycles. The van der Waals surface area contributed by atoms with Gasteiger partial charge in [0.1, 0.15) is 0 Å². The van der Waals surface area contributed by atoms with Gasteiger partial charge in [0, 0.05) is 36.2 Å². The molecule has 2 saturated heterocycles. The number of allylic oxidation sites excluding steroid dienone is 2. The van der Waals surface area contributed by atoms with E-state index in [4.69, 9.17) is 18.9 Å². The number of fused-ring (bicyclic) bond motifs is 2. The Labute approximate surface area is 181 Å². The van der Waals surface area contributed by atoms with Gasteiger partial charge in [-0.1, -0.05) is 17.7 Å². The highest BCUT2D eigenvalue weighted by molar-refractivity contribution is 7.95. The summed E-state index contributed by atoms with van der Waals surface area (Å²) in [6, 6.07) is 5.22. The van der Waals surface area contributed by atoms with Crippen LogP contribution in [0.25, 0.3) is 0 Å². The van der Waals surface area contributed by atoms with E-state index in [1.807, 2.05) is 0 Å². The van der Waals surface area contributed by atoms with Crippen molar-refractivity contribution >= 4 is 21.8 Å². The summed E-state index contributed by atoms with van der Waals surface area (Å²) in [5.74, 6) is -3.87. The van der Waals surface area contributed by atoms with Gasteiger partial charge in [0.25, 0.3) is 5.79 Å². The standard InChI is InChI=1S/C22H26O8S/c1-12-11-15(13-7-6-8-16(27-4)17(13)28-5)22(14-9-10-31(25,26)18(12)14)19(23)29-21(2,3)30-20(22)24/h6-8,14-15H,9-11H2,1-5H3/t14?,15-/m1/s1. The summed E-state index contributed by atoms with van der Waals surface area (Å²) in [4.78, 5) is 27.3. The van der Waals surface area contributed by atoms with Gasteiger partial charge in [-0.05, 0) is 25.8 Å². The molecule has 0 radical (unpaired) electrons. The van der Waals surface area contributed by atoms with E-state index in [0.29, 0.717) is 22.6 Å². The normalized spacial score (nSPS) is 28.0. The monoisotopic (exact) mass is 450 g/mol. The highest BCUT2D eigenvalue weighted by Gasteiger charge is 2.69. The summed E-state index contributed by atoms with van der Waals surface area (Å²) >= 11 is 0. The number of esters is 2. The number of hydrogen-bond donors (Lipinski definition) is 0. The van der Waals surface area contributed by atoms with Crippen LogP contribution in [0.1, 0.15) is 45.1 Å². The molecular weight excluding hydrogens is 424 g/mol. The van der Waals surface area contributed by atoms with Crippen LogP contribution in [-0.2, 0) is 28.9 Å². The molecule has 1 spiro atoms. The molecule has 1 aromatic rings. The summed E-state index contributed by atoms with van der Waals surface area (Å²) < 4.78 is 47.8. The Morgan fingerprint density at radius 2 is 1.68 bits per heavy atom. The van der Waals surface area contributed by atoms with Crippen molar-refractivity contribution in [3.63, 3.8) is 0 Å². The number of benzene rings is 1. The Morgan fingerprint density at radius 3 is 2.26 bits per heavy atom. The third-order valence-electron chi connectivity index (χ3n) is 6.52. The second kappa shape index (κ2) is 6.98. The first-order valence-corrected chi connectivity index (χ1v) is 11.7. The van der Waals surface area contributed by atoms with Crippen LogP contribution in [0.2, 0.25) is 0 Å². The van der Waals surface area contributed by atoms with E-state index >= 15 is 0 Å². The minimum Gasteiger partial charge on any atom is -0.493 e. The van der Waals surface area contributed by atoms with Crippen LogP contribution in [-0.4, -0.2) is 46.1 Å². The average molecular weight is 451 g/mol. The summed E-state index contributed by atoms with van der Waals surface area (Å²) in [5.41, 5.74) is -0.625.